The number of aryl methyl sites for hydroxylation is 1. The first-order chi connectivity index (χ1) is 14.3. The maximum Gasteiger partial charge on any atom is 0.264 e. The van der Waals surface area contributed by atoms with E-state index in [1.54, 1.807) is 54.6 Å². The molecular formula is C24H19Cl2NO3. The predicted molar refractivity (Wildman–Crippen MR) is 118 cm³/mol. The van der Waals surface area contributed by atoms with Gasteiger partial charge in [-0.05, 0) is 30.7 Å². The molecule has 1 amide bonds. The van der Waals surface area contributed by atoms with Crippen LogP contribution in [0.4, 0.5) is 5.69 Å². The number of para-hydroxylation sites is 1. The number of hydrogen-bond acceptors (Lipinski definition) is 3. The Hall–Kier alpha value is -2.66. The summed E-state index contributed by atoms with van der Waals surface area (Å²) < 4.78 is 0. The van der Waals surface area contributed by atoms with Gasteiger partial charge < -0.3 is 10.0 Å². The third-order valence-electron chi connectivity index (χ3n) is 5.37. The van der Waals surface area contributed by atoms with Crippen LogP contribution in [0.25, 0.3) is 0 Å². The van der Waals surface area contributed by atoms with Crippen molar-refractivity contribution in [2.24, 2.45) is 0 Å². The first-order valence-corrected chi connectivity index (χ1v) is 10.2. The van der Waals surface area contributed by atoms with Crippen LogP contribution in [0.1, 0.15) is 33.5 Å². The Balaban J connectivity index is 1.68. The molecular weight excluding hydrogens is 421 g/mol. The maximum absolute atomic E-state index is 13.3. The third kappa shape index (κ3) is 3.63. The van der Waals surface area contributed by atoms with Crippen molar-refractivity contribution in [2.75, 3.05) is 4.90 Å². The number of rotatable bonds is 5. The summed E-state index contributed by atoms with van der Waals surface area (Å²) in [5, 5.41) is 12.3. The Kier molecular flexibility index (Phi) is 5.41. The number of anilines is 1. The van der Waals surface area contributed by atoms with Crippen LogP contribution in [0.3, 0.4) is 0 Å². The third-order valence-corrected chi connectivity index (χ3v) is 5.96. The van der Waals surface area contributed by atoms with Crippen molar-refractivity contribution in [2.45, 2.75) is 25.5 Å². The van der Waals surface area contributed by atoms with Crippen LogP contribution >= 0.6 is 23.2 Å². The molecule has 0 radical (unpaired) electrons. The molecule has 152 valence electrons. The number of hydrogen-bond donors (Lipinski definition) is 1. The van der Waals surface area contributed by atoms with E-state index in [4.69, 9.17) is 23.2 Å². The summed E-state index contributed by atoms with van der Waals surface area (Å²) in [6.07, 6.45) is -0.337. The van der Waals surface area contributed by atoms with Gasteiger partial charge in [0.05, 0.1) is 18.7 Å². The predicted octanol–water partition coefficient (Wildman–Crippen LogP) is 5.31. The van der Waals surface area contributed by atoms with Gasteiger partial charge in [0, 0.05) is 21.2 Å². The second-order valence-electron chi connectivity index (χ2n) is 7.47. The highest BCUT2D eigenvalue weighted by molar-refractivity contribution is 6.35. The van der Waals surface area contributed by atoms with Crippen LogP contribution in [0.2, 0.25) is 10.0 Å². The lowest BCUT2D eigenvalue weighted by Gasteiger charge is -2.23. The second-order valence-corrected chi connectivity index (χ2v) is 8.31. The molecule has 0 aromatic heterocycles. The van der Waals surface area contributed by atoms with E-state index in [9.17, 15) is 14.7 Å². The number of fused-ring (bicyclic) bond motifs is 1. The largest absolute Gasteiger partial charge is 0.375 e. The molecule has 0 saturated carbocycles. The lowest BCUT2D eigenvalue weighted by atomic mass is 9.88. The summed E-state index contributed by atoms with van der Waals surface area (Å²) in [6.45, 7) is 2.09. The van der Waals surface area contributed by atoms with Crippen molar-refractivity contribution < 1.29 is 14.7 Å². The molecule has 3 aromatic rings. The first-order valence-electron chi connectivity index (χ1n) is 9.47. The van der Waals surface area contributed by atoms with Gasteiger partial charge in [-0.15, -0.1) is 0 Å². The maximum atomic E-state index is 13.3. The molecule has 0 saturated heterocycles. The van der Waals surface area contributed by atoms with E-state index in [1.807, 2.05) is 19.1 Å². The van der Waals surface area contributed by atoms with Crippen LogP contribution < -0.4 is 4.90 Å². The standard InChI is InChI=1S/C24H19Cl2NO3/c1-15-6-8-16(9-7-15)22(28)13-24(30)19-4-2-3-5-21(19)27(23(24)29)14-17-10-11-18(25)12-20(17)26/h2-12,30H,13-14H2,1H3. The van der Waals surface area contributed by atoms with E-state index in [0.29, 0.717) is 32.4 Å². The Morgan fingerprint density at radius 1 is 1.03 bits per heavy atom. The fourth-order valence-corrected chi connectivity index (χ4v) is 4.20. The molecule has 0 bridgehead atoms. The van der Waals surface area contributed by atoms with Crippen LogP contribution in [0.5, 0.6) is 0 Å². The van der Waals surface area contributed by atoms with Gasteiger partial charge in [0.15, 0.2) is 11.4 Å². The molecule has 1 aliphatic heterocycles. The minimum atomic E-state index is -1.93. The number of benzene rings is 3. The zero-order chi connectivity index (χ0) is 21.5. The SMILES string of the molecule is Cc1ccc(C(=O)CC2(O)C(=O)N(Cc3ccc(Cl)cc3Cl)c3ccccc32)cc1. The minimum absolute atomic E-state index is 0.160. The molecule has 0 spiro atoms. The Morgan fingerprint density at radius 2 is 1.73 bits per heavy atom. The monoisotopic (exact) mass is 439 g/mol. The average molecular weight is 440 g/mol. The zero-order valence-corrected chi connectivity index (χ0v) is 17.7. The number of halogens is 2. The van der Waals surface area contributed by atoms with Crippen molar-refractivity contribution in [3.05, 3.63) is 99.0 Å². The molecule has 30 heavy (non-hydrogen) atoms. The molecule has 1 aliphatic rings. The van der Waals surface area contributed by atoms with Gasteiger partial charge >= 0.3 is 0 Å². The van der Waals surface area contributed by atoms with Crippen LogP contribution in [0, 0.1) is 6.92 Å². The van der Waals surface area contributed by atoms with Crippen molar-refractivity contribution >= 4 is 40.6 Å². The molecule has 1 heterocycles. The van der Waals surface area contributed by atoms with Crippen molar-refractivity contribution in [3.8, 4) is 0 Å². The van der Waals surface area contributed by atoms with Gasteiger partial charge in [-0.25, -0.2) is 0 Å². The van der Waals surface area contributed by atoms with Gasteiger partial charge in [-0.3, -0.25) is 9.59 Å². The van der Waals surface area contributed by atoms with E-state index in [-0.39, 0.29) is 18.7 Å². The van der Waals surface area contributed by atoms with Gasteiger partial charge in [-0.1, -0.05) is 77.3 Å². The smallest absolute Gasteiger partial charge is 0.264 e. The first kappa shape index (κ1) is 20.6. The lowest BCUT2D eigenvalue weighted by molar-refractivity contribution is -0.136. The van der Waals surface area contributed by atoms with E-state index in [2.05, 4.69) is 0 Å². The number of carbonyl (C=O) groups excluding carboxylic acids is 2. The number of amides is 1. The molecule has 4 rings (SSSR count). The summed E-state index contributed by atoms with van der Waals surface area (Å²) in [7, 11) is 0. The molecule has 1 N–H and O–H groups in total. The molecule has 4 nitrogen and oxygen atoms in total. The van der Waals surface area contributed by atoms with E-state index >= 15 is 0 Å². The Morgan fingerprint density at radius 3 is 2.43 bits per heavy atom. The molecule has 6 heteroatoms. The summed E-state index contributed by atoms with van der Waals surface area (Å²) in [5.41, 5.74) is 1.22. The highest BCUT2D eigenvalue weighted by atomic mass is 35.5. The number of nitrogens with zero attached hydrogens (tertiary/aromatic N) is 1. The zero-order valence-electron chi connectivity index (χ0n) is 16.2. The summed E-state index contributed by atoms with van der Waals surface area (Å²) in [5.74, 6) is -0.845. The molecule has 3 aromatic carbocycles. The normalized spacial score (nSPS) is 17.9. The number of aliphatic hydroxyl groups is 1. The topological polar surface area (TPSA) is 57.6 Å². The minimum Gasteiger partial charge on any atom is -0.375 e. The second kappa shape index (κ2) is 7.88. The summed E-state index contributed by atoms with van der Waals surface area (Å²) in [4.78, 5) is 27.7. The molecule has 1 unspecified atom stereocenters. The quantitative estimate of drug-likeness (QED) is 0.548. The van der Waals surface area contributed by atoms with E-state index in [1.165, 1.54) is 4.90 Å². The number of ketones is 1. The lowest BCUT2D eigenvalue weighted by Crippen LogP contribution is -2.41. The van der Waals surface area contributed by atoms with Gasteiger partial charge in [-0.2, -0.15) is 0 Å². The number of Topliss-reactive ketones (excluding diaryl/α,β-unsaturated/α-hetero) is 1. The van der Waals surface area contributed by atoms with Gasteiger partial charge in [0.1, 0.15) is 0 Å². The van der Waals surface area contributed by atoms with Gasteiger partial charge in [0.25, 0.3) is 5.91 Å². The number of carbonyl (C=O) groups is 2. The summed E-state index contributed by atoms with van der Waals surface area (Å²) >= 11 is 12.3. The highest BCUT2D eigenvalue weighted by Gasteiger charge is 2.50. The van der Waals surface area contributed by atoms with Crippen molar-refractivity contribution in [1.29, 1.82) is 0 Å². The average Bonchev–Trinajstić information content (AvgIpc) is 2.92. The fourth-order valence-electron chi connectivity index (χ4n) is 3.73. The van der Waals surface area contributed by atoms with E-state index < -0.39 is 11.5 Å². The molecule has 1 atom stereocenters. The molecule has 0 aliphatic carbocycles. The van der Waals surface area contributed by atoms with Gasteiger partial charge in [0.2, 0.25) is 0 Å². The van der Waals surface area contributed by atoms with Crippen LogP contribution in [0.15, 0.2) is 66.7 Å². The van der Waals surface area contributed by atoms with Crippen molar-refractivity contribution in [3.63, 3.8) is 0 Å². The van der Waals surface area contributed by atoms with Crippen molar-refractivity contribution in [1.82, 2.24) is 0 Å². The Bertz CT molecular complexity index is 1140. The highest BCUT2D eigenvalue weighted by Crippen LogP contribution is 2.44. The fraction of sp³-hybridized carbons (Fsp3) is 0.167. The molecule has 0 fully saturated rings. The van der Waals surface area contributed by atoms with Crippen LogP contribution in [-0.4, -0.2) is 16.8 Å². The summed E-state index contributed by atoms with van der Waals surface area (Å²) in [6, 6.07) is 19.1. The Labute approximate surface area is 184 Å². The van der Waals surface area contributed by atoms with E-state index in [0.717, 1.165) is 5.56 Å². The van der Waals surface area contributed by atoms with Crippen LogP contribution in [-0.2, 0) is 16.9 Å².